The zero-order valence-corrected chi connectivity index (χ0v) is 16.5. The van der Waals surface area contributed by atoms with Crippen LogP contribution in [0.4, 0.5) is 19.1 Å². The lowest BCUT2D eigenvalue weighted by molar-refractivity contribution is -0.130. The Hall–Kier alpha value is -2.34. The maximum absolute atomic E-state index is 12.5. The van der Waals surface area contributed by atoms with Gasteiger partial charge in [0.1, 0.15) is 0 Å². The fraction of sp³-hybridized carbons (Fsp3) is 0.529. The maximum atomic E-state index is 12.5. The lowest BCUT2D eigenvalue weighted by atomic mass is 9.95. The van der Waals surface area contributed by atoms with Crippen LogP contribution in [0.3, 0.4) is 0 Å². The number of hydrogen-bond donors (Lipinski definition) is 2. The van der Waals surface area contributed by atoms with Crippen LogP contribution in [-0.4, -0.2) is 63.1 Å². The molecule has 29 heavy (non-hydrogen) atoms. The third kappa shape index (κ3) is 4.04. The lowest BCUT2D eigenvalue weighted by Crippen LogP contribution is -2.50. The number of halogens is 3. The van der Waals surface area contributed by atoms with Crippen LogP contribution in [0.15, 0.2) is 24.7 Å². The number of aromatic nitrogens is 4. The molecule has 0 spiro atoms. The molecule has 1 saturated heterocycles. The van der Waals surface area contributed by atoms with Crippen molar-refractivity contribution in [3.8, 4) is 0 Å². The van der Waals surface area contributed by atoms with Gasteiger partial charge in [-0.2, -0.15) is 17.5 Å². The van der Waals surface area contributed by atoms with Gasteiger partial charge in [-0.05, 0) is 18.4 Å². The molecule has 0 saturated carbocycles. The second kappa shape index (κ2) is 7.17. The van der Waals surface area contributed by atoms with E-state index in [1.165, 1.54) is 0 Å². The standard InChI is InChI=1S/C17H21F3N6O2S/c1-11-3-6-25(29(27,28)7-4-17(18,19)20)10-13(11)24-16-23-9-12-8-22-15-14(26(12)16)2-5-21-15/h2,5,8-9,11,13,21H,3-4,6-7,10H2,1H3,(H,23,24)/t11-,13?/m1/s1. The van der Waals surface area contributed by atoms with E-state index < -0.39 is 28.4 Å². The van der Waals surface area contributed by atoms with E-state index in [0.29, 0.717) is 18.0 Å². The second-order valence-corrected chi connectivity index (χ2v) is 9.46. The van der Waals surface area contributed by atoms with Crippen LogP contribution < -0.4 is 5.32 Å². The smallest absolute Gasteiger partial charge is 0.351 e. The molecule has 0 amide bonds. The molecule has 4 heterocycles. The minimum absolute atomic E-state index is 0.0949. The largest absolute Gasteiger partial charge is 0.390 e. The molecule has 0 radical (unpaired) electrons. The maximum Gasteiger partial charge on any atom is 0.390 e. The minimum atomic E-state index is -4.50. The van der Waals surface area contributed by atoms with Gasteiger partial charge in [0.15, 0.2) is 5.65 Å². The van der Waals surface area contributed by atoms with Gasteiger partial charge in [0.2, 0.25) is 16.0 Å². The van der Waals surface area contributed by atoms with Crippen LogP contribution in [0.1, 0.15) is 19.8 Å². The summed E-state index contributed by atoms with van der Waals surface area (Å²) in [5.41, 5.74) is 2.28. The predicted molar refractivity (Wildman–Crippen MR) is 102 cm³/mol. The number of hydrogen-bond acceptors (Lipinski definition) is 5. The van der Waals surface area contributed by atoms with Gasteiger partial charge >= 0.3 is 6.18 Å². The SMILES string of the molecule is C[C@@H]1CCN(S(=O)(=O)CCC(F)(F)F)CC1Nc1ncc2cnc3[nH]ccc3n12. The van der Waals surface area contributed by atoms with Crippen molar-refractivity contribution in [2.45, 2.75) is 32.0 Å². The number of nitrogens with one attached hydrogen (secondary N) is 2. The Balaban J connectivity index is 1.56. The third-order valence-corrected chi connectivity index (χ3v) is 7.17. The first kappa shape index (κ1) is 20.0. The zero-order chi connectivity index (χ0) is 20.8. The first-order valence-electron chi connectivity index (χ1n) is 9.25. The molecular formula is C17H21F3N6O2S. The van der Waals surface area contributed by atoms with Gasteiger partial charge < -0.3 is 10.3 Å². The lowest BCUT2D eigenvalue weighted by Gasteiger charge is -2.36. The van der Waals surface area contributed by atoms with Crippen molar-refractivity contribution in [2.24, 2.45) is 5.92 Å². The van der Waals surface area contributed by atoms with Gasteiger partial charge in [-0.3, -0.25) is 4.40 Å². The van der Waals surface area contributed by atoms with Crippen LogP contribution >= 0.6 is 0 Å². The highest BCUT2D eigenvalue weighted by molar-refractivity contribution is 7.89. The summed E-state index contributed by atoms with van der Waals surface area (Å²) in [6, 6.07) is 1.58. The van der Waals surface area contributed by atoms with Gasteiger partial charge in [-0.1, -0.05) is 6.92 Å². The average Bonchev–Trinajstić information content (AvgIpc) is 3.27. The van der Waals surface area contributed by atoms with Gasteiger partial charge in [0, 0.05) is 25.3 Å². The van der Waals surface area contributed by atoms with Gasteiger partial charge in [0.25, 0.3) is 0 Å². The van der Waals surface area contributed by atoms with Crippen molar-refractivity contribution in [3.05, 3.63) is 24.7 Å². The minimum Gasteiger partial charge on any atom is -0.351 e. The molecule has 1 unspecified atom stereocenters. The van der Waals surface area contributed by atoms with Gasteiger partial charge in [-0.25, -0.2) is 18.4 Å². The number of sulfonamides is 1. The Morgan fingerprint density at radius 1 is 1.31 bits per heavy atom. The summed E-state index contributed by atoms with van der Waals surface area (Å²) in [4.78, 5) is 11.7. The van der Waals surface area contributed by atoms with Crippen LogP contribution in [0, 0.1) is 5.92 Å². The summed E-state index contributed by atoms with van der Waals surface area (Å²) < 4.78 is 65.3. The van der Waals surface area contributed by atoms with E-state index >= 15 is 0 Å². The fourth-order valence-corrected chi connectivity index (χ4v) is 5.12. The molecular weight excluding hydrogens is 409 g/mol. The predicted octanol–water partition coefficient (Wildman–Crippen LogP) is 2.62. The Kier molecular flexibility index (Phi) is 4.93. The number of aromatic amines is 1. The topological polar surface area (TPSA) is 95.4 Å². The number of H-pyrrole nitrogens is 1. The molecule has 0 aliphatic carbocycles. The van der Waals surface area contributed by atoms with E-state index in [4.69, 9.17) is 0 Å². The molecule has 1 fully saturated rings. The van der Waals surface area contributed by atoms with Gasteiger partial charge in [-0.15, -0.1) is 0 Å². The monoisotopic (exact) mass is 430 g/mol. The molecule has 2 atom stereocenters. The zero-order valence-electron chi connectivity index (χ0n) is 15.6. The number of rotatable bonds is 5. The number of alkyl halides is 3. The second-order valence-electron chi connectivity index (χ2n) is 7.37. The van der Waals surface area contributed by atoms with E-state index in [1.54, 1.807) is 18.6 Å². The van der Waals surface area contributed by atoms with Crippen LogP contribution in [0.2, 0.25) is 0 Å². The highest BCUT2D eigenvalue weighted by atomic mass is 32.2. The fourth-order valence-electron chi connectivity index (χ4n) is 3.60. The quantitative estimate of drug-likeness (QED) is 0.649. The van der Waals surface area contributed by atoms with Crippen molar-refractivity contribution in [1.29, 1.82) is 0 Å². The number of imidazole rings is 1. The summed E-state index contributed by atoms with van der Waals surface area (Å²) in [5, 5.41) is 3.29. The average molecular weight is 430 g/mol. The first-order valence-corrected chi connectivity index (χ1v) is 10.9. The summed E-state index contributed by atoms with van der Waals surface area (Å²) in [6.45, 7) is 2.30. The number of piperidine rings is 1. The number of fused-ring (bicyclic) bond motifs is 3. The van der Waals surface area contributed by atoms with Crippen molar-refractivity contribution in [3.63, 3.8) is 0 Å². The highest BCUT2D eigenvalue weighted by Gasteiger charge is 2.36. The number of anilines is 1. The van der Waals surface area contributed by atoms with Crippen LogP contribution in [0.5, 0.6) is 0 Å². The Labute approximate surface area is 165 Å². The molecule has 0 bridgehead atoms. The van der Waals surface area contributed by atoms with Crippen LogP contribution in [-0.2, 0) is 10.0 Å². The molecule has 4 rings (SSSR count). The Bertz CT molecular complexity index is 1120. The van der Waals surface area contributed by atoms with Crippen molar-refractivity contribution >= 4 is 32.7 Å². The highest BCUT2D eigenvalue weighted by Crippen LogP contribution is 2.27. The van der Waals surface area contributed by atoms with E-state index in [-0.39, 0.29) is 25.0 Å². The molecule has 1 aliphatic heterocycles. The van der Waals surface area contributed by atoms with E-state index in [0.717, 1.165) is 15.3 Å². The number of nitrogens with zero attached hydrogens (tertiary/aromatic N) is 4. The molecule has 2 N–H and O–H groups in total. The summed E-state index contributed by atoms with van der Waals surface area (Å²) in [7, 11) is -3.99. The summed E-state index contributed by atoms with van der Waals surface area (Å²) in [5.74, 6) is -0.266. The molecule has 3 aromatic heterocycles. The van der Waals surface area contributed by atoms with Gasteiger partial charge in [0.05, 0.1) is 35.6 Å². The molecule has 3 aromatic rings. The van der Waals surface area contributed by atoms with E-state index in [1.807, 2.05) is 17.4 Å². The Morgan fingerprint density at radius 3 is 2.83 bits per heavy atom. The Morgan fingerprint density at radius 2 is 2.07 bits per heavy atom. The van der Waals surface area contributed by atoms with E-state index in [2.05, 4.69) is 20.3 Å². The van der Waals surface area contributed by atoms with Crippen molar-refractivity contribution in [2.75, 3.05) is 24.2 Å². The first-order chi connectivity index (χ1) is 13.6. The molecule has 1 aliphatic rings. The van der Waals surface area contributed by atoms with E-state index in [9.17, 15) is 21.6 Å². The van der Waals surface area contributed by atoms with Crippen LogP contribution in [0.25, 0.3) is 16.7 Å². The molecule has 158 valence electrons. The van der Waals surface area contributed by atoms with Crippen molar-refractivity contribution in [1.82, 2.24) is 23.7 Å². The normalized spacial score (nSPS) is 21.8. The summed E-state index contributed by atoms with van der Waals surface area (Å²) >= 11 is 0. The molecule has 12 heteroatoms. The molecule has 8 nitrogen and oxygen atoms in total. The summed E-state index contributed by atoms with van der Waals surface area (Å²) in [6.07, 6.45) is -0.198. The molecule has 0 aromatic carbocycles. The third-order valence-electron chi connectivity index (χ3n) is 5.33. The van der Waals surface area contributed by atoms with Crippen molar-refractivity contribution < 1.29 is 21.6 Å².